The van der Waals surface area contributed by atoms with Crippen molar-refractivity contribution in [3.63, 3.8) is 0 Å². The van der Waals surface area contributed by atoms with Crippen molar-refractivity contribution in [1.82, 2.24) is 0 Å². The highest BCUT2D eigenvalue weighted by Crippen LogP contribution is 2.39. The maximum atomic E-state index is 11.0. The normalized spacial score (nSPS) is 22.2. The lowest BCUT2D eigenvalue weighted by Gasteiger charge is -2.31. The molecule has 1 saturated heterocycles. The van der Waals surface area contributed by atoms with Crippen molar-refractivity contribution in [2.24, 2.45) is 0 Å². The highest BCUT2D eigenvalue weighted by Gasteiger charge is 2.41. The second-order valence-electron chi connectivity index (χ2n) is 4.14. The number of hydrogen-bond donors (Lipinski definition) is 1. The summed E-state index contributed by atoms with van der Waals surface area (Å²) in [4.78, 5) is 12.1. The molecule has 1 aromatic rings. The Hall–Kier alpha value is -0.910. The van der Waals surface area contributed by atoms with Gasteiger partial charge in [-0.15, -0.1) is 11.3 Å². The maximum absolute atomic E-state index is 11.0. The summed E-state index contributed by atoms with van der Waals surface area (Å²) in [6.45, 7) is 1.29. The van der Waals surface area contributed by atoms with Gasteiger partial charge < -0.3 is 14.6 Å². The van der Waals surface area contributed by atoms with Gasteiger partial charge in [0.2, 0.25) is 0 Å². The molecule has 1 aliphatic heterocycles. The minimum absolute atomic E-state index is 0.452. The molecule has 1 spiro atoms. The lowest BCUT2D eigenvalue weighted by Crippen LogP contribution is -2.36. The van der Waals surface area contributed by atoms with Gasteiger partial charge in [-0.25, -0.2) is 4.79 Å². The van der Waals surface area contributed by atoms with Crippen LogP contribution in [0.15, 0.2) is 5.38 Å². The topological polar surface area (TPSA) is 55.8 Å². The van der Waals surface area contributed by atoms with Crippen molar-refractivity contribution in [3.05, 3.63) is 21.4 Å². The smallest absolute Gasteiger partial charge is 0.336 e. The third-order valence-electron chi connectivity index (χ3n) is 3.21. The lowest BCUT2D eigenvalue weighted by molar-refractivity contribution is -0.163. The fourth-order valence-electron chi connectivity index (χ4n) is 2.42. The van der Waals surface area contributed by atoms with Gasteiger partial charge in [-0.1, -0.05) is 0 Å². The molecule has 0 bridgehead atoms. The van der Waals surface area contributed by atoms with Crippen LogP contribution in [0.1, 0.15) is 27.2 Å². The number of ether oxygens (including phenoxy) is 2. The van der Waals surface area contributed by atoms with E-state index in [1.807, 2.05) is 0 Å². The summed E-state index contributed by atoms with van der Waals surface area (Å²) in [6, 6.07) is 0. The molecule has 1 N–H and O–H groups in total. The fourth-order valence-corrected chi connectivity index (χ4v) is 3.58. The van der Waals surface area contributed by atoms with E-state index in [0.717, 1.165) is 23.3 Å². The Kier molecular flexibility index (Phi) is 2.27. The highest BCUT2D eigenvalue weighted by atomic mass is 32.1. The van der Waals surface area contributed by atoms with Crippen LogP contribution in [0.2, 0.25) is 0 Å². The van der Waals surface area contributed by atoms with Gasteiger partial charge in [0.15, 0.2) is 5.79 Å². The second kappa shape index (κ2) is 3.55. The SMILES string of the molecule is O=C(O)c1csc2c1CCC1(C2)OCCO1. The Labute approximate surface area is 96.8 Å². The molecule has 16 heavy (non-hydrogen) atoms. The number of carboxylic acids is 1. The van der Waals surface area contributed by atoms with E-state index in [9.17, 15) is 4.79 Å². The zero-order chi connectivity index (χ0) is 11.2. The van der Waals surface area contributed by atoms with Crippen LogP contribution in [0.25, 0.3) is 0 Å². The Balaban J connectivity index is 1.93. The molecule has 2 aliphatic rings. The Morgan fingerprint density at radius 1 is 1.44 bits per heavy atom. The van der Waals surface area contributed by atoms with E-state index in [1.165, 1.54) is 11.3 Å². The van der Waals surface area contributed by atoms with Gasteiger partial charge in [0.1, 0.15) is 0 Å². The van der Waals surface area contributed by atoms with Crippen LogP contribution in [0.3, 0.4) is 0 Å². The molecule has 4 nitrogen and oxygen atoms in total. The van der Waals surface area contributed by atoms with Gasteiger partial charge in [-0.05, 0) is 12.0 Å². The van der Waals surface area contributed by atoms with E-state index in [-0.39, 0.29) is 0 Å². The molecule has 86 valence electrons. The summed E-state index contributed by atoms with van der Waals surface area (Å²) in [5.41, 5.74) is 1.43. The summed E-state index contributed by atoms with van der Waals surface area (Å²) in [6.07, 6.45) is 2.19. The summed E-state index contributed by atoms with van der Waals surface area (Å²) in [5.74, 6) is -1.30. The van der Waals surface area contributed by atoms with Crippen molar-refractivity contribution in [1.29, 1.82) is 0 Å². The average Bonchev–Trinajstić information content (AvgIpc) is 2.85. The van der Waals surface area contributed by atoms with Crippen LogP contribution in [-0.2, 0) is 22.3 Å². The average molecular weight is 240 g/mol. The Morgan fingerprint density at radius 2 is 2.19 bits per heavy atom. The van der Waals surface area contributed by atoms with Gasteiger partial charge in [0.05, 0.1) is 18.8 Å². The highest BCUT2D eigenvalue weighted by molar-refractivity contribution is 7.10. The summed E-state index contributed by atoms with van der Waals surface area (Å²) >= 11 is 1.50. The summed E-state index contributed by atoms with van der Waals surface area (Å²) in [5, 5.41) is 10.8. The van der Waals surface area contributed by atoms with Gasteiger partial charge >= 0.3 is 5.97 Å². The lowest BCUT2D eigenvalue weighted by atomic mass is 9.91. The Bertz CT molecular complexity index is 431. The number of aromatic carboxylic acids is 1. The number of carboxylic acid groups (broad SMARTS) is 1. The van der Waals surface area contributed by atoms with Gasteiger partial charge in [0, 0.05) is 23.1 Å². The molecule has 1 fully saturated rings. The third kappa shape index (κ3) is 1.47. The van der Waals surface area contributed by atoms with Crippen LogP contribution in [0.5, 0.6) is 0 Å². The zero-order valence-electron chi connectivity index (χ0n) is 8.69. The molecule has 3 rings (SSSR count). The first-order valence-corrected chi connectivity index (χ1v) is 6.19. The minimum atomic E-state index is -0.832. The Morgan fingerprint density at radius 3 is 2.88 bits per heavy atom. The molecule has 1 aromatic heterocycles. The zero-order valence-corrected chi connectivity index (χ0v) is 9.51. The number of fused-ring (bicyclic) bond motifs is 1. The number of carbonyl (C=O) groups is 1. The molecular weight excluding hydrogens is 228 g/mol. The fraction of sp³-hybridized carbons (Fsp3) is 0.545. The van der Waals surface area contributed by atoms with Crippen molar-refractivity contribution in [3.8, 4) is 0 Å². The molecule has 0 amide bonds. The standard InChI is InChI=1S/C11H12O4S/c12-10(13)8-6-16-9-5-11(2-1-7(8)9)14-3-4-15-11/h6H,1-5H2,(H,12,13). The van der Waals surface area contributed by atoms with Gasteiger partial charge in [0.25, 0.3) is 0 Å². The number of thiophene rings is 1. The predicted molar refractivity (Wildman–Crippen MR) is 57.9 cm³/mol. The van der Waals surface area contributed by atoms with Crippen LogP contribution in [0.4, 0.5) is 0 Å². The molecule has 5 heteroatoms. The summed E-state index contributed by atoms with van der Waals surface area (Å²) < 4.78 is 11.3. The van der Waals surface area contributed by atoms with Gasteiger partial charge in [-0.2, -0.15) is 0 Å². The molecular formula is C11H12O4S. The van der Waals surface area contributed by atoms with Gasteiger partial charge in [-0.3, -0.25) is 0 Å². The van der Waals surface area contributed by atoms with Crippen molar-refractivity contribution < 1.29 is 19.4 Å². The molecule has 1 aliphatic carbocycles. The molecule has 2 heterocycles. The maximum Gasteiger partial charge on any atom is 0.336 e. The first-order valence-electron chi connectivity index (χ1n) is 5.31. The van der Waals surface area contributed by atoms with Crippen molar-refractivity contribution in [2.75, 3.05) is 13.2 Å². The van der Waals surface area contributed by atoms with Crippen LogP contribution in [0, 0.1) is 0 Å². The monoisotopic (exact) mass is 240 g/mol. The molecule has 0 saturated carbocycles. The van der Waals surface area contributed by atoms with Crippen LogP contribution in [-0.4, -0.2) is 30.1 Å². The first kappa shape index (κ1) is 10.3. The summed E-state index contributed by atoms with van der Waals surface area (Å²) in [7, 11) is 0. The van der Waals surface area contributed by atoms with E-state index < -0.39 is 11.8 Å². The number of hydrogen-bond acceptors (Lipinski definition) is 4. The molecule has 0 aromatic carbocycles. The van der Waals surface area contributed by atoms with Crippen molar-refractivity contribution in [2.45, 2.75) is 25.0 Å². The van der Waals surface area contributed by atoms with E-state index in [2.05, 4.69) is 0 Å². The first-order chi connectivity index (χ1) is 7.70. The molecule has 0 unspecified atom stereocenters. The third-order valence-corrected chi connectivity index (χ3v) is 4.24. The van der Waals surface area contributed by atoms with E-state index in [0.29, 0.717) is 25.2 Å². The number of rotatable bonds is 1. The largest absolute Gasteiger partial charge is 0.478 e. The van der Waals surface area contributed by atoms with E-state index in [1.54, 1.807) is 5.38 Å². The van der Waals surface area contributed by atoms with Crippen LogP contribution < -0.4 is 0 Å². The van der Waals surface area contributed by atoms with E-state index in [4.69, 9.17) is 14.6 Å². The van der Waals surface area contributed by atoms with Crippen molar-refractivity contribution >= 4 is 17.3 Å². The molecule has 0 radical (unpaired) electrons. The quantitative estimate of drug-likeness (QED) is 0.811. The van der Waals surface area contributed by atoms with E-state index >= 15 is 0 Å². The second-order valence-corrected chi connectivity index (χ2v) is 5.10. The van der Waals surface area contributed by atoms with Crippen LogP contribution >= 0.6 is 11.3 Å². The minimum Gasteiger partial charge on any atom is -0.478 e. The predicted octanol–water partition coefficient (Wildman–Crippen LogP) is 1.68. The molecule has 0 atom stereocenters.